The molecule has 1 aromatic rings. The first-order chi connectivity index (χ1) is 10.5. The van der Waals surface area contributed by atoms with Crippen molar-refractivity contribution in [1.82, 2.24) is 15.1 Å². The Morgan fingerprint density at radius 3 is 2.32 bits per heavy atom. The van der Waals surface area contributed by atoms with Crippen molar-refractivity contribution in [2.75, 3.05) is 33.2 Å². The Balaban J connectivity index is 2.50. The first-order valence-corrected chi connectivity index (χ1v) is 7.43. The average Bonchev–Trinajstić information content (AvgIpc) is 2.48. The van der Waals surface area contributed by atoms with Crippen LogP contribution in [-0.4, -0.2) is 54.8 Å². The number of hydrogen-bond acceptors (Lipinski definition) is 3. The van der Waals surface area contributed by atoms with Gasteiger partial charge in [-0.15, -0.1) is 0 Å². The van der Waals surface area contributed by atoms with E-state index >= 15 is 0 Å². The molecule has 6 heteroatoms. The molecule has 0 fully saturated rings. The highest BCUT2D eigenvalue weighted by Gasteiger charge is 2.16. The summed E-state index contributed by atoms with van der Waals surface area (Å²) >= 11 is 0. The Labute approximate surface area is 131 Å². The van der Waals surface area contributed by atoms with Gasteiger partial charge in [0.1, 0.15) is 5.82 Å². The van der Waals surface area contributed by atoms with Crippen LogP contribution in [0.5, 0.6) is 0 Å². The fraction of sp³-hybridized carbons (Fsp3) is 0.500. The Morgan fingerprint density at radius 1 is 1.14 bits per heavy atom. The molecule has 2 amide bonds. The SMILES string of the molecule is CCNC(=O)CN(CC)CC(=O)N(C)Cc1ccc(F)cc1. The van der Waals surface area contributed by atoms with Gasteiger partial charge in [0.2, 0.25) is 11.8 Å². The van der Waals surface area contributed by atoms with Gasteiger partial charge < -0.3 is 10.2 Å². The van der Waals surface area contributed by atoms with Crippen LogP contribution in [0.1, 0.15) is 19.4 Å². The molecule has 22 heavy (non-hydrogen) atoms. The molecule has 0 spiro atoms. The second kappa shape index (κ2) is 9.15. The lowest BCUT2D eigenvalue weighted by Gasteiger charge is -2.23. The number of nitrogens with one attached hydrogen (secondary N) is 1. The number of rotatable bonds is 8. The maximum atomic E-state index is 12.9. The van der Waals surface area contributed by atoms with Crippen LogP contribution in [0.25, 0.3) is 0 Å². The van der Waals surface area contributed by atoms with E-state index in [1.165, 1.54) is 12.1 Å². The number of hydrogen-bond donors (Lipinski definition) is 1. The molecular weight excluding hydrogens is 285 g/mol. The van der Waals surface area contributed by atoms with Crippen LogP contribution in [0.3, 0.4) is 0 Å². The lowest BCUT2D eigenvalue weighted by atomic mass is 10.2. The molecule has 1 aromatic carbocycles. The average molecular weight is 309 g/mol. The van der Waals surface area contributed by atoms with Crippen molar-refractivity contribution in [2.45, 2.75) is 20.4 Å². The molecule has 5 nitrogen and oxygen atoms in total. The van der Waals surface area contributed by atoms with E-state index in [2.05, 4.69) is 5.32 Å². The largest absolute Gasteiger partial charge is 0.355 e. The fourth-order valence-corrected chi connectivity index (χ4v) is 2.00. The quantitative estimate of drug-likeness (QED) is 0.786. The summed E-state index contributed by atoms with van der Waals surface area (Å²) in [6, 6.07) is 6.07. The molecule has 0 aromatic heterocycles. The summed E-state index contributed by atoms with van der Waals surface area (Å²) in [6.07, 6.45) is 0. The summed E-state index contributed by atoms with van der Waals surface area (Å²) in [5, 5.41) is 2.72. The molecule has 122 valence electrons. The van der Waals surface area contributed by atoms with E-state index in [0.29, 0.717) is 19.6 Å². The van der Waals surface area contributed by atoms with E-state index in [-0.39, 0.29) is 30.7 Å². The van der Waals surface area contributed by atoms with Crippen LogP contribution in [-0.2, 0) is 16.1 Å². The zero-order valence-electron chi connectivity index (χ0n) is 13.4. The van der Waals surface area contributed by atoms with E-state index in [0.717, 1.165) is 5.56 Å². The fourth-order valence-electron chi connectivity index (χ4n) is 2.00. The molecule has 0 atom stereocenters. The zero-order valence-corrected chi connectivity index (χ0v) is 13.4. The van der Waals surface area contributed by atoms with Gasteiger partial charge in [0.25, 0.3) is 0 Å². The summed E-state index contributed by atoms with van der Waals surface area (Å²) < 4.78 is 12.9. The van der Waals surface area contributed by atoms with E-state index in [4.69, 9.17) is 0 Å². The van der Waals surface area contributed by atoms with Gasteiger partial charge in [0, 0.05) is 20.1 Å². The molecule has 1 N–H and O–H groups in total. The van der Waals surface area contributed by atoms with Crippen LogP contribution in [0.4, 0.5) is 4.39 Å². The topological polar surface area (TPSA) is 52.7 Å². The molecule has 0 aliphatic carbocycles. The Bertz CT molecular complexity index is 491. The maximum absolute atomic E-state index is 12.9. The molecule has 0 bridgehead atoms. The Kier molecular flexibility index (Phi) is 7.52. The molecule has 0 aliphatic rings. The molecule has 0 aliphatic heterocycles. The van der Waals surface area contributed by atoms with Gasteiger partial charge in [-0.2, -0.15) is 0 Å². The molecule has 0 saturated heterocycles. The van der Waals surface area contributed by atoms with Crippen LogP contribution in [0, 0.1) is 5.82 Å². The number of likely N-dealkylation sites (N-methyl/N-ethyl adjacent to an activating group) is 3. The third-order valence-electron chi connectivity index (χ3n) is 3.31. The summed E-state index contributed by atoms with van der Waals surface area (Å²) in [4.78, 5) is 27.1. The predicted molar refractivity (Wildman–Crippen MR) is 83.7 cm³/mol. The van der Waals surface area contributed by atoms with Gasteiger partial charge >= 0.3 is 0 Å². The molecule has 0 radical (unpaired) electrons. The summed E-state index contributed by atoms with van der Waals surface area (Å²) in [7, 11) is 1.70. The van der Waals surface area contributed by atoms with Gasteiger partial charge in [-0.3, -0.25) is 14.5 Å². The second-order valence-corrected chi connectivity index (χ2v) is 5.13. The van der Waals surface area contributed by atoms with Gasteiger partial charge in [-0.05, 0) is 31.2 Å². The van der Waals surface area contributed by atoms with Crippen LogP contribution >= 0.6 is 0 Å². The highest BCUT2D eigenvalue weighted by Crippen LogP contribution is 2.06. The molecule has 0 unspecified atom stereocenters. The van der Waals surface area contributed by atoms with E-state index in [9.17, 15) is 14.0 Å². The van der Waals surface area contributed by atoms with Crippen molar-refractivity contribution >= 4 is 11.8 Å². The minimum absolute atomic E-state index is 0.0736. The van der Waals surface area contributed by atoms with Gasteiger partial charge in [0.15, 0.2) is 0 Å². The van der Waals surface area contributed by atoms with E-state index in [1.807, 2.05) is 13.8 Å². The van der Waals surface area contributed by atoms with Crippen molar-refractivity contribution in [2.24, 2.45) is 0 Å². The number of carbonyl (C=O) groups excluding carboxylic acids is 2. The Hall–Kier alpha value is -1.95. The number of benzene rings is 1. The third-order valence-corrected chi connectivity index (χ3v) is 3.31. The maximum Gasteiger partial charge on any atom is 0.236 e. The van der Waals surface area contributed by atoms with Crippen molar-refractivity contribution in [1.29, 1.82) is 0 Å². The number of amides is 2. The monoisotopic (exact) mass is 309 g/mol. The van der Waals surface area contributed by atoms with Crippen molar-refractivity contribution in [3.05, 3.63) is 35.6 Å². The Morgan fingerprint density at radius 2 is 1.77 bits per heavy atom. The van der Waals surface area contributed by atoms with Crippen LogP contribution in [0.15, 0.2) is 24.3 Å². The number of nitrogens with zero attached hydrogens (tertiary/aromatic N) is 2. The zero-order chi connectivity index (χ0) is 16.5. The van der Waals surface area contributed by atoms with Crippen molar-refractivity contribution in [3.8, 4) is 0 Å². The molecule has 0 heterocycles. The first kappa shape index (κ1) is 18.1. The highest BCUT2D eigenvalue weighted by atomic mass is 19.1. The molecular formula is C16H24FN3O2. The minimum atomic E-state index is -0.295. The molecule has 1 rings (SSSR count). The van der Waals surface area contributed by atoms with Crippen LogP contribution < -0.4 is 5.32 Å². The number of carbonyl (C=O) groups is 2. The van der Waals surface area contributed by atoms with Crippen molar-refractivity contribution in [3.63, 3.8) is 0 Å². The molecule has 0 saturated carbocycles. The van der Waals surface area contributed by atoms with E-state index < -0.39 is 0 Å². The van der Waals surface area contributed by atoms with Crippen molar-refractivity contribution < 1.29 is 14.0 Å². The number of halogens is 1. The van der Waals surface area contributed by atoms with E-state index in [1.54, 1.807) is 29.0 Å². The van der Waals surface area contributed by atoms with Crippen LogP contribution in [0.2, 0.25) is 0 Å². The third kappa shape index (κ3) is 6.22. The summed E-state index contributed by atoms with van der Waals surface area (Å²) in [5.74, 6) is -0.453. The highest BCUT2D eigenvalue weighted by molar-refractivity contribution is 5.81. The predicted octanol–water partition coefficient (Wildman–Crippen LogP) is 1.24. The van der Waals surface area contributed by atoms with Gasteiger partial charge in [0.05, 0.1) is 13.1 Å². The lowest BCUT2D eigenvalue weighted by molar-refractivity contribution is -0.132. The lowest BCUT2D eigenvalue weighted by Crippen LogP contribution is -2.43. The van der Waals surface area contributed by atoms with Gasteiger partial charge in [-0.1, -0.05) is 19.1 Å². The normalized spacial score (nSPS) is 10.6. The summed E-state index contributed by atoms with van der Waals surface area (Å²) in [6.45, 7) is 5.77. The smallest absolute Gasteiger partial charge is 0.236 e. The standard InChI is InChI=1S/C16H24FN3O2/c1-4-18-15(21)11-20(5-2)12-16(22)19(3)10-13-6-8-14(17)9-7-13/h6-9H,4-5,10-12H2,1-3H3,(H,18,21). The first-order valence-electron chi connectivity index (χ1n) is 7.43. The minimum Gasteiger partial charge on any atom is -0.355 e. The second-order valence-electron chi connectivity index (χ2n) is 5.13. The summed E-state index contributed by atoms with van der Waals surface area (Å²) in [5.41, 5.74) is 0.865. The van der Waals surface area contributed by atoms with Gasteiger partial charge in [-0.25, -0.2) is 4.39 Å².